The van der Waals surface area contributed by atoms with E-state index in [0.717, 1.165) is 6.54 Å². The second-order valence-electron chi connectivity index (χ2n) is 10.0. The van der Waals surface area contributed by atoms with Crippen molar-refractivity contribution in [3.8, 4) is 0 Å². The van der Waals surface area contributed by atoms with Crippen molar-refractivity contribution in [1.29, 1.82) is 0 Å². The Morgan fingerprint density at radius 3 is 1.22 bits per heavy atom. The highest BCUT2D eigenvalue weighted by molar-refractivity contribution is 8.17. The molecule has 0 radical (unpaired) electrons. The molecule has 0 aliphatic carbocycles. The van der Waals surface area contributed by atoms with Crippen LogP contribution in [0.2, 0.25) is 0 Å². The number of nitrogens with one attached hydrogen (secondary N) is 1. The first-order valence-electron chi connectivity index (χ1n) is 16.9. The number of nitrogens with zero attached hydrogens (tertiary/aromatic N) is 1. The van der Waals surface area contributed by atoms with E-state index in [9.17, 15) is 9.59 Å². The van der Waals surface area contributed by atoms with E-state index in [1.54, 1.807) is 78.4 Å². The molecule has 0 atom stereocenters. The van der Waals surface area contributed by atoms with Crippen LogP contribution in [0.3, 0.4) is 0 Å². The second kappa shape index (κ2) is 41.1. The number of aldehydes is 2. The van der Waals surface area contributed by atoms with Crippen molar-refractivity contribution in [2.24, 2.45) is 4.99 Å². The van der Waals surface area contributed by atoms with E-state index in [2.05, 4.69) is 59.8 Å². The Hall–Kier alpha value is -1.51. The third-order valence-corrected chi connectivity index (χ3v) is 12.0. The van der Waals surface area contributed by atoms with Gasteiger partial charge in [0.1, 0.15) is 0 Å². The molecule has 3 aromatic rings. The fourth-order valence-corrected chi connectivity index (χ4v) is 8.69. The number of benzene rings is 3. The van der Waals surface area contributed by atoms with Gasteiger partial charge in [-0.05, 0) is 29.3 Å². The van der Waals surface area contributed by atoms with Crippen LogP contribution >= 0.6 is 72.3 Å². The van der Waals surface area contributed by atoms with Gasteiger partial charge in [-0.2, -0.15) is 25.3 Å². The highest BCUT2D eigenvalue weighted by Crippen LogP contribution is 2.47. The standard InChI is InChI=1S/C16H26O4S4.C10H14N2.C8H6O2.2C2H6OS/c17-5-9-21-15(22-10-6-18)13-3-1-2-4-14(13)16(23-11-7-19)24-12-8-20;1-11-7-9-5-3-4-6-10(9)8-12-2;9-5-7-3-1-2-4-8(7)6-10;2*3-1-2-4/h1-4,15-20H,5-12H2;3-7,12H,8H2,1-2H3;1-6H;2*3-4H,1-2H2. The van der Waals surface area contributed by atoms with E-state index >= 15 is 0 Å². The molecule has 0 heterocycles. The number of aliphatic imine (C=N–C) groups is 1. The van der Waals surface area contributed by atoms with Crippen LogP contribution in [0.15, 0.2) is 77.8 Å². The molecule has 0 amide bonds. The molecule has 0 saturated carbocycles. The average molecular weight is 863 g/mol. The summed E-state index contributed by atoms with van der Waals surface area (Å²) in [6, 6.07) is 23.1. The van der Waals surface area contributed by atoms with Gasteiger partial charge < -0.3 is 36.0 Å². The van der Waals surface area contributed by atoms with Crippen molar-refractivity contribution in [1.82, 2.24) is 5.32 Å². The fourth-order valence-electron chi connectivity index (χ4n) is 3.91. The Labute approximate surface area is 349 Å². The van der Waals surface area contributed by atoms with Crippen LogP contribution in [0.5, 0.6) is 0 Å². The molecule has 54 heavy (non-hydrogen) atoms. The zero-order chi connectivity index (χ0) is 40.7. The highest BCUT2D eigenvalue weighted by Gasteiger charge is 2.22. The molecular formula is C38H58N2O8S6. The number of hydrogen-bond donors (Lipinski definition) is 9. The summed E-state index contributed by atoms with van der Waals surface area (Å²) < 4.78 is 0.292. The van der Waals surface area contributed by atoms with Crippen LogP contribution in [-0.4, -0.2) is 138 Å². The van der Waals surface area contributed by atoms with Crippen molar-refractivity contribution in [2.75, 3.05) is 88.3 Å². The first-order valence-corrected chi connectivity index (χ1v) is 22.4. The lowest BCUT2D eigenvalue weighted by molar-refractivity contribution is 0.109. The van der Waals surface area contributed by atoms with E-state index in [-0.39, 0.29) is 48.8 Å². The smallest absolute Gasteiger partial charge is 0.150 e. The first-order chi connectivity index (χ1) is 26.4. The Morgan fingerprint density at radius 1 is 0.593 bits per heavy atom. The number of carbonyl (C=O) groups excluding carboxylic acids is 2. The quantitative estimate of drug-likeness (QED) is 0.0297. The molecule has 3 rings (SSSR count). The molecule has 3 aromatic carbocycles. The molecular weight excluding hydrogens is 805 g/mol. The SMILES string of the molecule is CN=Cc1ccccc1CNC.O=Cc1ccccc1C=O.OCCS.OCCS.OCCSC(SCCO)c1ccccc1C(SCCO)SCCO. The van der Waals surface area contributed by atoms with Gasteiger partial charge in [0.2, 0.25) is 0 Å². The molecule has 0 fully saturated rings. The van der Waals surface area contributed by atoms with Gasteiger partial charge >= 0.3 is 0 Å². The minimum Gasteiger partial charge on any atom is -0.396 e. The number of aliphatic hydroxyl groups is 6. The normalized spacial score (nSPS) is 10.3. The highest BCUT2D eigenvalue weighted by atomic mass is 32.2. The van der Waals surface area contributed by atoms with Gasteiger partial charge in [-0.1, -0.05) is 72.8 Å². The van der Waals surface area contributed by atoms with Crippen LogP contribution in [0, 0.1) is 0 Å². The molecule has 10 nitrogen and oxygen atoms in total. The van der Waals surface area contributed by atoms with Crippen LogP contribution in [-0.2, 0) is 6.54 Å². The summed E-state index contributed by atoms with van der Waals surface area (Å²) in [5, 5.41) is 55.3. The van der Waals surface area contributed by atoms with Crippen molar-refractivity contribution < 1.29 is 40.2 Å². The second-order valence-corrected chi connectivity index (χ2v) is 16.4. The number of rotatable bonds is 21. The summed E-state index contributed by atoms with van der Waals surface area (Å²) in [5.41, 5.74) is 5.74. The monoisotopic (exact) mass is 862 g/mol. The van der Waals surface area contributed by atoms with Gasteiger partial charge in [0.25, 0.3) is 0 Å². The summed E-state index contributed by atoms with van der Waals surface area (Å²) in [6.45, 7) is 1.78. The Kier molecular flexibility index (Phi) is 41.6. The summed E-state index contributed by atoms with van der Waals surface area (Å²) >= 11 is 14.1. The van der Waals surface area contributed by atoms with Gasteiger partial charge in [-0.25, -0.2) is 0 Å². The van der Waals surface area contributed by atoms with Crippen molar-refractivity contribution >= 4 is 91.1 Å². The van der Waals surface area contributed by atoms with E-state index in [4.69, 9.17) is 30.6 Å². The van der Waals surface area contributed by atoms with Crippen LogP contribution in [0.4, 0.5) is 0 Å². The number of thiol groups is 2. The maximum Gasteiger partial charge on any atom is 0.150 e. The molecule has 304 valence electrons. The Bertz CT molecular complexity index is 1260. The summed E-state index contributed by atoms with van der Waals surface area (Å²) in [5.74, 6) is 3.73. The molecule has 0 unspecified atom stereocenters. The largest absolute Gasteiger partial charge is 0.396 e. The summed E-state index contributed by atoms with van der Waals surface area (Å²) in [7, 11) is 3.73. The lowest BCUT2D eigenvalue weighted by atomic mass is 10.1. The van der Waals surface area contributed by atoms with E-state index < -0.39 is 0 Å². The number of thioether (sulfide) groups is 4. The topological polar surface area (TPSA) is 180 Å². The molecule has 0 spiro atoms. The van der Waals surface area contributed by atoms with Gasteiger partial charge in [-0.3, -0.25) is 14.6 Å². The Balaban J connectivity index is 0. The predicted molar refractivity (Wildman–Crippen MR) is 242 cm³/mol. The lowest BCUT2D eigenvalue weighted by Crippen LogP contribution is -2.07. The Morgan fingerprint density at radius 2 is 0.926 bits per heavy atom. The average Bonchev–Trinajstić information content (AvgIpc) is 3.22. The third kappa shape index (κ3) is 27.1. The summed E-state index contributed by atoms with van der Waals surface area (Å²) in [6.07, 6.45) is 3.22. The molecule has 0 aliphatic rings. The molecule has 0 bridgehead atoms. The maximum absolute atomic E-state index is 10.2. The van der Waals surface area contributed by atoms with Crippen molar-refractivity contribution in [2.45, 2.75) is 15.7 Å². The first kappa shape index (κ1) is 54.6. The van der Waals surface area contributed by atoms with Gasteiger partial charge in [0, 0.05) is 65.5 Å². The van der Waals surface area contributed by atoms with E-state index in [1.165, 1.54) is 22.3 Å². The minimum absolute atomic E-state index is 0.130. The van der Waals surface area contributed by atoms with Crippen LogP contribution in [0.1, 0.15) is 52.1 Å². The van der Waals surface area contributed by atoms with Gasteiger partial charge in [0.05, 0.1) is 48.8 Å². The molecule has 7 N–H and O–H groups in total. The molecule has 0 aromatic heterocycles. The maximum atomic E-state index is 10.2. The molecule has 0 aliphatic heterocycles. The van der Waals surface area contributed by atoms with Crippen LogP contribution < -0.4 is 5.32 Å². The number of hydrogen-bond acceptors (Lipinski definition) is 16. The van der Waals surface area contributed by atoms with Gasteiger partial charge in [-0.15, -0.1) is 47.0 Å². The van der Waals surface area contributed by atoms with E-state index in [1.807, 2.05) is 37.5 Å². The fraction of sp³-hybridized carbons (Fsp3) is 0.447. The zero-order valence-corrected chi connectivity index (χ0v) is 36.0. The van der Waals surface area contributed by atoms with Gasteiger partial charge in [0.15, 0.2) is 12.6 Å². The van der Waals surface area contributed by atoms with Crippen molar-refractivity contribution in [3.05, 3.63) is 106 Å². The van der Waals surface area contributed by atoms with Crippen molar-refractivity contribution in [3.63, 3.8) is 0 Å². The molecule has 16 heteroatoms. The third-order valence-electron chi connectivity index (χ3n) is 6.09. The van der Waals surface area contributed by atoms with E-state index in [0.29, 0.717) is 58.2 Å². The number of carbonyl (C=O) groups is 2. The number of aliphatic hydroxyl groups excluding tert-OH is 6. The zero-order valence-electron chi connectivity index (χ0n) is 31.0. The molecule has 0 saturated heterocycles. The predicted octanol–water partition coefficient (Wildman–Crippen LogP) is 5.17. The minimum atomic E-state index is 0.130. The van der Waals surface area contributed by atoms with Crippen LogP contribution in [0.25, 0.3) is 0 Å². The lowest BCUT2D eigenvalue weighted by Gasteiger charge is -2.24. The summed E-state index contributed by atoms with van der Waals surface area (Å²) in [4.78, 5) is 24.5.